The summed E-state index contributed by atoms with van der Waals surface area (Å²) in [4.78, 5) is 11.0. The minimum absolute atomic E-state index is 0.0407. The molecule has 0 bridgehead atoms. The molecule has 1 heterocycles. The summed E-state index contributed by atoms with van der Waals surface area (Å²) < 4.78 is 37.9. The van der Waals surface area contributed by atoms with Crippen LogP contribution in [0.3, 0.4) is 0 Å². The predicted molar refractivity (Wildman–Crippen MR) is 57.0 cm³/mol. The molecule has 0 saturated heterocycles. The molecule has 2 aromatic rings. The SMILES string of the molecule is O=C(Cl)c1cc2cccc(C(F)(F)F)c2s1. The number of halogens is 4. The van der Waals surface area contributed by atoms with Crippen LogP contribution >= 0.6 is 22.9 Å². The van der Waals surface area contributed by atoms with Gasteiger partial charge in [-0.05, 0) is 29.1 Å². The fraction of sp³-hybridized carbons (Fsp3) is 0.100. The van der Waals surface area contributed by atoms with Crippen LogP contribution < -0.4 is 0 Å². The Hall–Kier alpha value is -1.07. The molecule has 0 N–H and O–H groups in total. The largest absolute Gasteiger partial charge is 0.417 e. The Morgan fingerprint density at radius 1 is 1.31 bits per heavy atom. The van der Waals surface area contributed by atoms with Gasteiger partial charge in [-0.2, -0.15) is 13.2 Å². The van der Waals surface area contributed by atoms with Crippen molar-refractivity contribution in [1.29, 1.82) is 0 Å². The van der Waals surface area contributed by atoms with Crippen LogP contribution in [-0.2, 0) is 6.18 Å². The number of hydrogen-bond acceptors (Lipinski definition) is 2. The molecule has 0 amide bonds. The van der Waals surface area contributed by atoms with Crippen LogP contribution in [0.5, 0.6) is 0 Å². The number of benzene rings is 1. The standard InChI is InChI=1S/C10H4ClF3OS/c11-9(15)7-4-5-2-1-3-6(8(5)16-7)10(12,13)14/h1-4H. The lowest BCUT2D eigenvalue weighted by Gasteiger charge is -2.06. The quantitative estimate of drug-likeness (QED) is 0.702. The lowest BCUT2D eigenvalue weighted by atomic mass is 10.1. The molecule has 0 spiro atoms. The summed E-state index contributed by atoms with van der Waals surface area (Å²) in [5.41, 5.74) is -0.737. The van der Waals surface area contributed by atoms with Gasteiger partial charge >= 0.3 is 6.18 Å². The van der Waals surface area contributed by atoms with Crippen molar-refractivity contribution in [2.24, 2.45) is 0 Å². The minimum Gasteiger partial charge on any atom is -0.275 e. The van der Waals surface area contributed by atoms with Crippen LogP contribution in [0.15, 0.2) is 24.3 Å². The lowest BCUT2D eigenvalue weighted by Crippen LogP contribution is -2.04. The maximum atomic E-state index is 12.6. The molecule has 0 unspecified atom stereocenters. The topological polar surface area (TPSA) is 17.1 Å². The number of alkyl halides is 3. The summed E-state index contributed by atoms with van der Waals surface area (Å²) in [6.45, 7) is 0. The maximum Gasteiger partial charge on any atom is 0.417 e. The molecule has 1 aromatic carbocycles. The average molecular weight is 265 g/mol. The summed E-state index contributed by atoms with van der Waals surface area (Å²) >= 11 is 5.99. The molecule has 0 fully saturated rings. The Labute approximate surface area is 97.4 Å². The van der Waals surface area contributed by atoms with E-state index in [0.717, 1.165) is 17.4 Å². The third-order valence-corrected chi connectivity index (χ3v) is 3.54. The molecule has 1 aromatic heterocycles. The molecular weight excluding hydrogens is 261 g/mol. The zero-order chi connectivity index (χ0) is 11.9. The van der Waals surface area contributed by atoms with E-state index in [2.05, 4.69) is 0 Å². The monoisotopic (exact) mass is 264 g/mol. The van der Waals surface area contributed by atoms with Gasteiger partial charge in [-0.3, -0.25) is 4.79 Å². The van der Waals surface area contributed by atoms with Crippen molar-refractivity contribution in [2.75, 3.05) is 0 Å². The van der Waals surface area contributed by atoms with Gasteiger partial charge in [0.05, 0.1) is 10.4 Å². The molecule has 6 heteroatoms. The van der Waals surface area contributed by atoms with Crippen molar-refractivity contribution >= 4 is 38.3 Å². The van der Waals surface area contributed by atoms with E-state index in [1.54, 1.807) is 0 Å². The number of rotatable bonds is 1. The number of carbonyl (C=O) groups excluding carboxylic acids is 1. The Kier molecular flexibility index (Phi) is 2.67. The highest BCUT2D eigenvalue weighted by Crippen LogP contribution is 2.38. The number of hydrogen-bond donors (Lipinski definition) is 0. The van der Waals surface area contributed by atoms with Crippen LogP contribution in [0.25, 0.3) is 10.1 Å². The Morgan fingerprint density at radius 3 is 2.56 bits per heavy atom. The van der Waals surface area contributed by atoms with Gasteiger partial charge in [0.15, 0.2) is 0 Å². The smallest absolute Gasteiger partial charge is 0.275 e. The van der Waals surface area contributed by atoms with E-state index in [9.17, 15) is 18.0 Å². The van der Waals surface area contributed by atoms with E-state index in [1.807, 2.05) is 0 Å². The fourth-order valence-electron chi connectivity index (χ4n) is 1.38. The van der Waals surface area contributed by atoms with E-state index < -0.39 is 17.0 Å². The van der Waals surface area contributed by atoms with Gasteiger partial charge in [0.25, 0.3) is 5.24 Å². The number of fused-ring (bicyclic) bond motifs is 1. The molecule has 0 radical (unpaired) electrons. The number of thiophene rings is 1. The lowest BCUT2D eigenvalue weighted by molar-refractivity contribution is -0.136. The van der Waals surface area contributed by atoms with E-state index in [-0.39, 0.29) is 9.58 Å². The normalized spacial score (nSPS) is 12.0. The Balaban J connectivity index is 2.73. The van der Waals surface area contributed by atoms with Crippen molar-refractivity contribution in [3.8, 4) is 0 Å². The van der Waals surface area contributed by atoms with Crippen LogP contribution in [0.1, 0.15) is 15.2 Å². The first-order valence-electron chi connectivity index (χ1n) is 4.19. The average Bonchev–Trinajstić information content (AvgIpc) is 2.58. The molecule has 0 aliphatic heterocycles. The number of carbonyl (C=O) groups is 1. The highest BCUT2D eigenvalue weighted by molar-refractivity contribution is 7.22. The van der Waals surface area contributed by atoms with Gasteiger partial charge in [-0.1, -0.05) is 12.1 Å². The van der Waals surface area contributed by atoms with Crippen molar-refractivity contribution in [2.45, 2.75) is 6.18 Å². The van der Waals surface area contributed by atoms with Crippen LogP contribution in [0.2, 0.25) is 0 Å². The minimum atomic E-state index is -4.42. The molecule has 16 heavy (non-hydrogen) atoms. The summed E-state index contributed by atoms with van der Waals surface area (Å²) in [6, 6.07) is 5.18. The van der Waals surface area contributed by atoms with Crippen molar-refractivity contribution in [3.63, 3.8) is 0 Å². The van der Waals surface area contributed by atoms with Crippen molar-refractivity contribution in [3.05, 3.63) is 34.7 Å². The van der Waals surface area contributed by atoms with Gasteiger partial charge in [-0.25, -0.2) is 0 Å². The molecule has 84 valence electrons. The van der Waals surface area contributed by atoms with Gasteiger partial charge in [0.1, 0.15) is 0 Å². The Bertz CT molecular complexity index is 559. The second-order valence-electron chi connectivity index (χ2n) is 3.11. The first-order valence-corrected chi connectivity index (χ1v) is 5.38. The molecule has 0 atom stereocenters. The predicted octanol–water partition coefficient (Wildman–Crippen LogP) is 4.30. The van der Waals surface area contributed by atoms with Crippen LogP contribution in [-0.4, -0.2) is 5.24 Å². The van der Waals surface area contributed by atoms with Crippen molar-refractivity contribution in [1.82, 2.24) is 0 Å². The zero-order valence-corrected chi connectivity index (χ0v) is 9.21. The first kappa shape index (κ1) is 11.4. The molecule has 0 saturated carbocycles. The summed E-state index contributed by atoms with van der Waals surface area (Å²) in [5, 5.41) is -0.363. The Morgan fingerprint density at radius 2 is 2.00 bits per heavy atom. The molecule has 1 nitrogen and oxygen atoms in total. The third-order valence-electron chi connectivity index (χ3n) is 2.04. The molecule has 0 aliphatic carbocycles. The van der Waals surface area contributed by atoms with Crippen LogP contribution in [0, 0.1) is 0 Å². The van der Waals surface area contributed by atoms with Crippen molar-refractivity contribution < 1.29 is 18.0 Å². The third kappa shape index (κ3) is 1.92. The van der Waals surface area contributed by atoms with E-state index >= 15 is 0 Å². The zero-order valence-electron chi connectivity index (χ0n) is 7.64. The van der Waals surface area contributed by atoms with Gasteiger partial charge < -0.3 is 0 Å². The molecular formula is C10H4ClF3OS. The van der Waals surface area contributed by atoms with E-state index in [4.69, 9.17) is 11.6 Å². The highest BCUT2D eigenvalue weighted by Gasteiger charge is 2.33. The highest BCUT2D eigenvalue weighted by atomic mass is 35.5. The first-order chi connectivity index (χ1) is 7.39. The van der Waals surface area contributed by atoms with Crippen LogP contribution in [0.4, 0.5) is 13.2 Å². The fourth-order valence-corrected chi connectivity index (χ4v) is 2.58. The second-order valence-corrected chi connectivity index (χ2v) is 4.50. The van der Waals surface area contributed by atoms with E-state index in [1.165, 1.54) is 18.2 Å². The summed E-state index contributed by atoms with van der Waals surface area (Å²) in [6.07, 6.45) is -4.42. The van der Waals surface area contributed by atoms with Gasteiger partial charge in [0.2, 0.25) is 0 Å². The molecule has 0 aliphatic rings. The maximum absolute atomic E-state index is 12.6. The summed E-state index contributed by atoms with van der Waals surface area (Å²) in [5.74, 6) is 0. The summed E-state index contributed by atoms with van der Waals surface area (Å²) in [7, 11) is 0. The van der Waals surface area contributed by atoms with E-state index in [0.29, 0.717) is 5.39 Å². The van der Waals surface area contributed by atoms with Gasteiger partial charge in [0, 0.05) is 4.70 Å². The second kappa shape index (κ2) is 3.75. The molecule has 2 rings (SSSR count). The van der Waals surface area contributed by atoms with Gasteiger partial charge in [-0.15, -0.1) is 11.3 Å².